The predicted molar refractivity (Wildman–Crippen MR) is 37.1 cm³/mol. The van der Waals surface area contributed by atoms with Crippen molar-refractivity contribution >= 4 is 0 Å². The molecule has 15 heavy (non-hydrogen) atoms. The number of alkyl halides is 6. The second kappa shape index (κ2) is 6.85. The first kappa shape index (κ1) is 16.9. The first-order valence-electron chi connectivity index (χ1n) is 3.47. The van der Waals surface area contributed by atoms with Gasteiger partial charge in [0.2, 0.25) is 0 Å². The van der Waals surface area contributed by atoms with Gasteiger partial charge >= 0.3 is 18.5 Å². The largest absolute Gasteiger partial charge is 0.454 e. The fourth-order valence-electron chi connectivity index (χ4n) is 0.215. The van der Waals surface area contributed by atoms with Gasteiger partial charge in [0.25, 0.3) is 0 Å². The maximum atomic E-state index is 11.4. The lowest BCUT2D eigenvalue weighted by molar-refractivity contribution is -0.352. The molecule has 0 saturated carbocycles. The van der Waals surface area contributed by atoms with E-state index in [0.717, 1.165) is 0 Å². The van der Waals surface area contributed by atoms with E-state index in [1.54, 1.807) is 7.11 Å². The Balaban J connectivity index is 0. The van der Waals surface area contributed by atoms with Crippen LogP contribution < -0.4 is 0 Å². The van der Waals surface area contributed by atoms with E-state index in [9.17, 15) is 26.3 Å². The van der Waals surface area contributed by atoms with Gasteiger partial charge in [0.05, 0.1) is 13.2 Å². The minimum Gasteiger partial charge on any atom is -0.394 e. The molecule has 0 aliphatic rings. The summed E-state index contributed by atoms with van der Waals surface area (Å²) in [6.45, 7) is 0.566. The van der Waals surface area contributed by atoms with Crippen LogP contribution in [0, 0.1) is 0 Å². The monoisotopic (exact) mass is 244 g/mol. The summed E-state index contributed by atoms with van der Waals surface area (Å²) in [5, 5.41) is 15.3. The Bertz CT molecular complexity index is 155. The minimum atomic E-state index is -5.94. The van der Waals surface area contributed by atoms with Crippen LogP contribution in [0.25, 0.3) is 0 Å². The van der Waals surface area contributed by atoms with Crippen molar-refractivity contribution in [2.75, 3.05) is 20.3 Å². The fourth-order valence-corrected chi connectivity index (χ4v) is 0.215. The molecule has 0 spiro atoms. The van der Waals surface area contributed by atoms with Crippen molar-refractivity contribution in [2.24, 2.45) is 0 Å². The van der Waals surface area contributed by atoms with Gasteiger partial charge in [-0.3, -0.25) is 0 Å². The molecule has 0 aromatic carbocycles. The highest BCUT2D eigenvalue weighted by Crippen LogP contribution is 2.36. The molecule has 0 bridgehead atoms. The van der Waals surface area contributed by atoms with Gasteiger partial charge in [-0.05, 0) is 0 Å². The summed E-state index contributed by atoms with van der Waals surface area (Å²) in [6, 6.07) is 0. The number of halogens is 6. The van der Waals surface area contributed by atoms with E-state index in [2.05, 4.69) is 4.74 Å². The van der Waals surface area contributed by atoms with E-state index in [0.29, 0.717) is 6.61 Å². The Kier molecular flexibility index (Phi) is 7.71. The average molecular weight is 244 g/mol. The van der Waals surface area contributed by atoms with Crippen molar-refractivity contribution in [3.63, 3.8) is 0 Å². The average Bonchev–Trinajstić information content (AvgIpc) is 2.04. The molecule has 3 nitrogen and oxygen atoms in total. The normalized spacial score (nSPS) is 15.6. The molecule has 0 aliphatic heterocycles. The third-order valence-electron chi connectivity index (χ3n) is 0.982. The zero-order chi connectivity index (χ0) is 12.7. The maximum Gasteiger partial charge on any atom is 0.454 e. The van der Waals surface area contributed by atoms with Crippen LogP contribution in [0.3, 0.4) is 0 Å². The number of rotatable bonds is 3. The number of aliphatic hydroxyl groups is 2. The van der Waals surface area contributed by atoms with Crippen LogP contribution in [-0.2, 0) is 4.74 Å². The Morgan fingerprint density at radius 1 is 1.20 bits per heavy atom. The van der Waals surface area contributed by atoms with E-state index in [4.69, 9.17) is 10.2 Å². The van der Waals surface area contributed by atoms with Gasteiger partial charge in [0.1, 0.15) is 0 Å². The van der Waals surface area contributed by atoms with Crippen LogP contribution in [-0.4, -0.2) is 49.0 Å². The van der Waals surface area contributed by atoms with Crippen molar-refractivity contribution in [3.8, 4) is 0 Å². The van der Waals surface area contributed by atoms with Crippen LogP contribution in [0.15, 0.2) is 0 Å². The van der Waals surface area contributed by atoms with Crippen LogP contribution >= 0.6 is 0 Å². The maximum absolute atomic E-state index is 11.4. The molecule has 2 N–H and O–H groups in total. The summed E-state index contributed by atoms with van der Waals surface area (Å²) in [7, 11) is 1.55. The van der Waals surface area contributed by atoms with E-state index in [1.807, 2.05) is 0 Å². The van der Waals surface area contributed by atoms with Crippen molar-refractivity contribution in [1.82, 2.24) is 0 Å². The summed E-state index contributed by atoms with van der Waals surface area (Å²) in [6.07, 6.45) is -10.4. The highest BCUT2D eigenvalue weighted by atomic mass is 19.4. The van der Waals surface area contributed by atoms with Crippen molar-refractivity contribution in [3.05, 3.63) is 0 Å². The van der Waals surface area contributed by atoms with Gasteiger partial charge in [-0.1, -0.05) is 0 Å². The number of methoxy groups -OCH3 is 1. The summed E-state index contributed by atoms with van der Waals surface area (Å²) in [5.41, 5.74) is 0. The van der Waals surface area contributed by atoms with Gasteiger partial charge in [-0.25, -0.2) is 8.78 Å². The van der Waals surface area contributed by atoms with Gasteiger partial charge < -0.3 is 14.9 Å². The lowest BCUT2D eigenvalue weighted by Gasteiger charge is -2.20. The fraction of sp³-hybridized carbons (Fsp3) is 1.00. The molecule has 0 saturated heterocycles. The number of ether oxygens (including phenoxy) is 1. The Morgan fingerprint density at radius 3 is 1.60 bits per heavy atom. The SMILES string of the molecule is COCCO.OC(F)(C(F)F)C(F)(F)F. The molecule has 0 aromatic heterocycles. The predicted octanol–water partition coefficient (Wildman–Crippen LogP) is 1.10. The molecule has 0 heterocycles. The highest BCUT2D eigenvalue weighted by molar-refractivity contribution is 4.76. The van der Waals surface area contributed by atoms with Gasteiger partial charge in [-0.2, -0.15) is 17.6 Å². The van der Waals surface area contributed by atoms with Crippen LogP contribution in [0.4, 0.5) is 26.3 Å². The van der Waals surface area contributed by atoms with Gasteiger partial charge in [0.15, 0.2) is 0 Å². The number of aliphatic hydroxyl groups excluding tert-OH is 1. The molecule has 1 unspecified atom stereocenters. The molecule has 94 valence electrons. The molecule has 0 rings (SSSR count). The third-order valence-corrected chi connectivity index (χ3v) is 0.982. The van der Waals surface area contributed by atoms with Crippen LogP contribution in [0.5, 0.6) is 0 Å². The summed E-state index contributed by atoms with van der Waals surface area (Å²) in [5.74, 6) is -5.40. The van der Waals surface area contributed by atoms with Crippen LogP contribution in [0.1, 0.15) is 0 Å². The summed E-state index contributed by atoms with van der Waals surface area (Å²) < 4.78 is 70.7. The minimum absolute atomic E-state index is 0.122. The smallest absolute Gasteiger partial charge is 0.394 e. The second-order valence-corrected chi connectivity index (χ2v) is 2.19. The Morgan fingerprint density at radius 2 is 1.60 bits per heavy atom. The van der Waals surface area contributed by atoms with E-state index >= 15 is 0 Å². The Hall–Kier alpha value is -0.540. The molecule has 0 radical (unpaired) electrons. The molecule has 0 aromatic rings. The third kappa shape index (κ3) is 6.52. The topological polar surface area (TPSA) is 49.7 Å². The van der Waals surface area contributed by atoms with Gasteiger partial charge in [-0.15, -0.1) is 0 Å². The van der Waals surface area contributed by atoms with E-state index < -0.39 is 18.5 Å². The standard InChI is InChI=1S/C3H2F6O.C3H8O2/c4-1(5)2(6,10)3(7,8)9;1-5-3-2-4/h1,10H;4H,2-3H2,1H3. The lowest BCUT2D eigenvalue weighted by Crippen LogP contribution is -2.47. The zero-order valence-corrected chi connectivity index (χ0v) is 7.56. The first-order chi connectivity index (χ1) is 6.61. The summed E-state index contributed by atoms with van der Waals surface area (Å²) in [4.78, 5) is 0. The molecule has 9 heteroatoms. The first-order valence-corrected chi connectivity index (χ1v) is 3.47. The van der Waals surface area contributed by atoms with Gasteiger partial charge in [0, 0.05) is 7.11 Å². The molecular weight excluding hydrogens is 234 g/mol. The summed E-state index contributed by atoms with van der Waals surface area (Å²) >= 11 is 0. The molecule has 0 aliphatic carbocycles. The quantitative estimate of drug-likeness (QED) is 0.731. The molecular formula is C6H10F6O3. The lowest BCUT2D eigenvalue weighted by atomic mass is 10.3. The molecule has 0 amide bonds. The Labute approximate surface area is 81.3 Å². The second-order valence-electron chi connectivity index (χ2n) is 2.19. The van der Waals surface area contributed by atoms with Crippen molar-refractivity contribution in [2.45, 2.75) is 18.5 Å². The molecule has 1 atom stereocenters. The molecule has 0 fully saturated rings. The zero-order valence-electron chi connectivity index (χ0n) is 7.56. The highest BCUT2D eigenvalue weighted by Gasteiger charge is 2.62. The van der Waals surface area contributed by atoms with E-state index in [1.165, 1.54) is 0 Å². The van der Waals surface area contributed by atoms with E-state index in [-0.39, 0.29) is 6.61 Å². The number of hydrogen-bond donors (Lipinski definition) is 2. The van der Waals surface area contributed by atoms with Crippen molar-refractivity contribution < 1.29 is 41.3 Å². The van der Waals surface area contributed by atoms with Crippen molar-refractivity contribution in [1.29, 1.82) is 0 Å². The van der Waals surface area contributed by atoms with Crippen LogP contribution in [0.2, 0.25) is 0 Å². The number of hydrogen-bond acceptors (Lipinski definition) is 3.